The molecule has 2 heteroatoms. The van der Waals surface area contributed by atoms with Crippen molar-refractivity contribution in [1.29, 1.82) is 0 Å². The fourth-order valence-corrected chi connectivity index (χ4v) is 1.63. The Hall–Kier alpha value is -1.57. The lowest BCUT2D eigenvalue weighted by Crippen LogP contribution is -2.07. The monoisotopic (exact) mass is 218 g/mol. The van der Waals surface area contributed by atoms with Gasteiger partial charge in [0.05, 0.1) is 6.61 Å². The van der Waals surface area contributed by atoms with Crippen LogP contribution in [0.5, 0.6) is 0 Å². The molecule has 0 N–H and O–H groups in total. The van der Waals surface area contributed by atoms with Gasteiger partial charge in [-0.15, -0.1) is 0 Å². The minimum absolute atomic E-state index is 0.191. The fourth-order valence-electron chi connectivity index (χ4n) is 1.63. The number of carbonyl (C=O) groups is 1. The van der Waals surface area contributed by atoms with Gasteiger partial charge in [-0.25, -0.2) is 4.79 Å². The van der Waals surface area contributed by atoms with Crippen molar-refractivity contribution in [1.82, 2.24) is 0 Å². The van der Waals surface area contributed by atoms with Crippen LogP contribution in [-0.2, 0) is 16.0 Å². The van der Waals surface area contributed by atoms with Crippen LogP contribution in [0.25, 0.3) is 6.08 Å². The largest absolute Gasteiger partial charge is 0.463 e. The lowest BCUT2D eigenvalue weighted by molar-refractivity contribution is -0.138. The van der Waals surface area contributed by atoms with E-state index in [4.69, 9.17) is 4.74 Å². The molecule has 0 saturated carbocycles. The zero-order valence-electron chi connectivity index (χ0n) is 10.1. The molecule has 0 heterocycles. The maximum Gasteiger partial charge on any atom is 0.334 e. The van der Waals surface area contributed by atoms with Crippen LogP contribution in [0.3, 0.4) is 0 Å². The van der Waals surface area contributed by atoms with Gasteiger partial charge in [0, 0.05) is 12.0 Å². The van der Waals surface area contributed by atoms with Crippen LogP contribution in [0.15, 0.2) is 29.8 Å². The number of rotatable bonds is 2. The summed E-state index contributed by atoms with van der Waals surface area (Å²) in [5.41, 5.74) is 3.10. The Morgan fingerprint density at radius 3 is 2.62 bits per heavy atom. The Kier molecular flexibility index (Phi) is 4.77. The summed E-state index contributed by atoms with van der Waals surface area (Å²) in [5, 5.41) is 0. The lowest BCUT2D eigenvalue weighted by atomic mass is 10.1. The number of fused-ring (bicyclic) bond motifs is 1. The normalized spacial score (nSPS) is 12.1. The first kappa shape index (κ1) is 12.5. The minimum atomic E-state index is -0.191. The van der Waals surface area contributed by atoms with Gasteiger partial charge in [-0.2, -0.15) is 0 Å². The van der Waals surface area contributed by atoms with Gasteiger partial charge in [0.2, 0.25) is 0 Å². The summed E-state index contributed by atoms with van der Waals surface area (Å²) in [4.78, 5) is 11.4. The maximum absolute atomic E-state index is 11.4. The molecule has 0 atom stereocenters. The zero-order valence-corrected chi connectivity index (χ0v) is 10.1. The van der Waals surface area contributed by atoms with Gasteiger partial charge in [-0.1, -0.05) is 38.1 Å². The molecule has 2 nitrogen and oxygen atoms in total. The molecular weight excluding hydrogens is 200 g/mol. The topological polar surface area (TPSA) is 26.3 Å². The predicted molar refractivity (Wildman–Crippen MR) is 66.1 cm³/mol. The molecule has 0 spiro atoms. The third-order valence-corrected chi connectivity index (χ3v) is 2.30. The molecule has 1 aliphatic carbocycles. The number of benzene rings is 1. The number of esters is 1. The molecule has 0 saturated heterocycles. The van der Waals surface area contributed by atoms with Gasteiger partial charge in [-0.3, -0.25) is 0 Å². The molecule has 0 aliphatic heterocycles. The van der Waals surface area contributed by atoms with Crippen LogP contribution in [0.4, 0.5) is 0 Å². The summed E-state index contributed by atoms with van der Waals surface area (Å²) < 4.78 is 4.95. The minimum Gasteiger partial charge on any atom is -0.463 e. The van der Waals surface area contributed by atoms with Gasteiger partial charge in [0.15, 0.2) is 0 Å². The SMILES string of the molecule is CC.CCOC(=O)C1=Cc2ccccc2C1. The van der Waals surface area contributed by atoms with Gasteiger partial charge < -0.3 is 4.74 Å². The first-order chi connectivity index (χ1) is 7.81. The highest BCUT2D eigenvalue weighted by molar-refractivity contribution is 5.96. The first-order valence-electron chi connectivity index (χ1n) is 5.77. The highest BCUT2D eigenvalue weighted by atomic mass is 16.5. The summed E-state index contributed by atoms with van der Waals surface area (Å²) >= 11 is 0. The van der Waals surface area contributed by atoms with Crippen molar-refractivity contribution in [2.75, 3.05) is 6.61 Å². The maximum atomic E-state index is 11.4. The Labute approximate surface area is 96.9 Å². The van der Waals surface area contributed by atoms with Crippen LogP contribution in [-0.4, -0.2) is 12.6 Å². The highest BCUT2D eigenvalue weighted by Crippen LogP contribution is 2.25. The molecule has 16 heavy (non-hydrogen) atoms. The molecule has 1 aromatic rings. The predicted octanol–water partition coefficient (Wildman–Crippen LogP) is 3.22. The fraction of sp³-hybridized carbons (Fsp3) is 0.357. The van der Waals surface area contributed by atoms with Gasteiger partial charge in [-0.05, 0) is 24.1 Å². The van der Waals surface area contributed by atoms with E-state index in [-0.39, 0.29) is 5.97 Å². The van der Waals surface area contributed by atoms with Crippen LogP contribution in [0, 0.1) is 0 Å². The quantitative estimate of drug-likeness (QED) is 0.712. The number of carbonyl (C=O) groups excluding carboxylic acids is 1. The molecule has 0 radical (unpaired) electrons. The van der Waals surface area contributed by atoms with Gasteiger partial charge in [0.1, 0.15) is 0 Å². The van der Waals surface area contributed by atoms with E-state index in [2.05, 4.69) is 0 Å². The standard InChI is InChI=1S/C12H12O2.C2H6/c1-2-14-12(13)11-7-9-5-3-4-6-10(9)8-11;1-2/h3-7H,2,8H2,1H3;1-2H3. The summed E-state index contributed by atoms with van der Waals surface area (Å²) in [6.45, 7) is 6.26. The van der Waals surface area contributed by atoms with E-state index in [0.717, 1.165) is 11.1 Å². The molecule has 0 fully saturated rings. The van der Waals surface area contributed by atoms with Crippen molar-refractivity contribution >= 4 is 12.0 Å². The second-order valence-corrected chi connectivity index (χ2v) is 3.27. The van der Waals surface area contributed by atoms with Crippen LogP contribution >= 0.6 is 0 Å². The van der Waals surface area contributed by atoms with Gasteiger partial charge >= 0.3 is 5.97 Å². The smallest absolute Gasteiger partial charge is 0.334 e. The van der Waals surface area contributed by atoms with Crippen LogP contribution in [0.2, 0.25) is 0 Å². The van der Waals surface area contributed by atoms with Crippen LogP contribution < -0.4 is 0 Å². The Morgan fingerprint density at radius 2 is 2.00 bits per heavy atom. The molecule has 0 bridgehead atoms. The summed E-state index contributed by atoms with van der Waals surface area (Å²) in [5.74, 6) is -0.191. The van der Waals surface area contributed by atoms with E-state index >= 15 is 0 Å². The summed E-state index contributed by atoms with van der Waals surface area (Å²) in [6, 6.07) is 8.02. The zero-order chi connectivity index (χ0) is 12.0. The van der Waals surface area contributed by atoms with Crippen molar-refractivity contribution in [2.45, 2.75) is 27.2 Å². The molecule has 1 aromatic carbocycles. The Balaban J connectivity index is 0.000000606. The molecule has 86 valence electrons. The van der Waals surface area contributed by atoms with E-state index in [0.29, 0.717) is 13.0 Å². The van der Waals surface area contributed by atoms with Crippen molar-refractivity contribution < 1.29 is 9.53 Å². The van der Waals surface area contributed by atoms with E-state index in [9.17, 15) is 4.79 Å². The van der Waals surface area contributed by atoms with E-state index in [1.54, 1.807) is 0 Å². The molecule has 1 aliphatic rings. The highest BCUT2D eigenvalue weighted by Gasteiger charge is 2.18. The number of hydrogen-bond donors (Lipinski definition) is 0. The number of hydrogen-bond acceptors (Lipinski definition) is 2. The third-order valence-electron chi connectivity index (χ3n) is 2.30. The number of ether oxygens (including phenoxy) is 1. The summed E-state index contributed by atoms with van der Waals surface area (Å²) in [6.07, 6.45) is 2.61. The van der Waals surface area contributed by atoms with Crippen molar-refractivity contribution in [2.24, 2.45) is 0 Å². The van der Waals surface area contributed by atoms with Crippen molar-refractivity contribution in [3.8, 4) is 0 Å². The average molecular weight is 218 g/mol. The molecule has 0 unspecified atom stereocenters. The Morgan fingerprint density at radius 1 is 1.31 bits per heavy atom. The molecular formula is C14H18O2. The second-order valence-electron chi connectivity index (χ2n) is 3.27. The van der Waals surface area contributed by atoms with E-state index in [1.165, 1.54) is 5.56 Å². The van der Waals surface area contributed by atoms with Crippen molar-refractivity contribution in [3.63, 3.8) is 0 Å². The average Bonchev–Trinajstić information content (AvgIpc) is 2.75. The Bertz CT molecular complexity index is 391. The van der Waals surface area contributed by atoms with E-state index < -0.39 is 0 Å². The molecule has 0 aromatic heterocycles. The van der Waals surface area contributed by atoms with E-state index in [1.807, 2.05) is 51.1 Å². The summed E-state index contributed by atoms with van der Waals surface area (Å²) in [7, 11) is 0. The second kappa shape index (κ2) is 6.11. The third kappa shape index (κ3) is 2.72. The first-order valence-corrected chi connectivity index (χ1v) is 5.77. The molecule has 0 amide bonds. The van der Waals surface area contributed by atoms with Gasteiger partial charge in [0.25, 0.3) is 0 Å². The van der Waals surface area contributed by atoms with Crippen molar-refractivity contribution in [3.05, 3.63) is 41.0 Å². The van der Waals surface area contributed by atoms with Crippen LogP contribution in [0.1, 0.15) is 31.9 Å². The lowest BCUT2D eigenvalue weighted by Gasteiger charge is -2.00. The molecule has 2 rings (SSSR count).